The van der Waals surface area contributed by atoms with Crippen LogP contribution in [0.1, 0.15) is 131 Å². The van der Waals surface area contributed by atoms with Gasteiger partial charge in [-0.2, -0.15) is 0 Å². The van der Waals surface area contributed by atoms with Crippen LogP contribution in [0, 0.1) is 5.92 Å². The largest absolute Gasteiger partial charge is 0.508 e. The van der Waals surface area contributed by atoms with Gasteiger partial charge in [0.05, 0.1) is 54.4 Å². The first-order valence-electron chi connectivity index (χ1n) is 37.6. The molecule has 16 atom stereocenters. The van der Waals surface area contributed by atoms with E-state index in [-0.39, 0.29) is 54.4 Å². The number of carboxylic acids is 2. The second-order valence-electron chi connectivity index (χ2n) is 29.9. The fourth-order valence-corrected chi connectivity index (χ4v) is 14.2. The maximum atomic E-state index is 15.9. The van der Waals surface area contributed by atoms with Crippen molar-refractivity contribution in [1.82, 2.24) is 31.9 Å². The second kappa shape index (κ2) is 39.5. The number of aliphatic hydroxyl groups excluding tert-OH is 6. The number of aromatic hydroxyl groups is 3. The van der Waals surface area contributed by atoms with E-state index in [0.717, 1.165) is 77.9 Å². The summed E-state index contributed by atoms with van der Waals surface area (Å²) in [6.45, 7) is 8.00. The van der Waals surface area contributed by atoms with E-state index in [2.05, 4.69) is 31.9 Å². The number of ether oxygens (including phenoxy) is 7. The molecule has 9 bridgehead atoms. The Kier molecular flexibility index (Phi) is 30.0. The van der Waals surface area contributed by atoms with Gasteiger partial charge in [0.15, 0.2) is 36.0 Å². The summed E-state index contributed by atoms with van der Waals surface area (Å²) in [5, 5.41) is 140. The monoisotopic (exact) mass is 1720 g/mol. The van der Waals surface area contributed by atoms with Gasteiger partial charge in [-0.15, -0.1) is 0 Å². The molecule has 35 nitrogen and oxygen atoms in total. The number of carbonyl (C=O) groups is 9. The van der Waals surface area contributed by atoms with E-state index in [1.54, 1.807) is 38.1 Å². The minimum atomic E-state index is -2.36. The zero-order valence-electron chi connectivity index (χ0n) is 65.1. The lowest BCUT2D eigenvalue weighted by molar-refractivity contribution is -0.320. The minimum absolute atomic E-state index is 0.0391. The highest BCUT2D eigenvalue weighted by atomic mass is 35.5. The minimum Gasteiger partial charge on any atom is -0.508 e. The Morgan fingerprint density at radius 2 is 1.29 bits per heavy atom. The number of fused-ring (bicyclic) bond motifs is 16. The fourth-order valence-electron chi connectivity index (χ4n) is 13.6. The predicted molar refractivity (Wildman–Crippen MR) is 427 cm³/mol. The zero-order chi connectivity index (χ0) is 87.6. The van der Waals surface area contributed by atoms with Crippen LogP contribution in [0.25, 0.3) is 22.3 Å². The summed E-state index contributed by atoms with van der Waals surface area (Å²) in [6, 6.07) is 16.9. The molecule has 120 heavy (non-hydrogen) atoms. The van der Waals surface area contributed by atoms with E-state index in [4.69, 9.17) is 79.4 Å². The molecule has 0 aliphatic carbocycles. The van der Waals surface area contributed by atoms with Gasteiger partial charge < -0.3 is 133 Å². The SMILES string of the molecule is CC(C)CCC(=O)NC1C(=O)N[C@@H](CC(N)=O)C(=O)N[C@H]2C(=O)N[C@@H](C(N)=O)c3ccc(O)c(c3)-c3c(O)cc(O)cc3[C@H](C(=O)O)NC(=O)C[C@H](O)c3ccc(c(Cl)c3)Oc3cc2cc(c3OC2OC(CO)C(O)C(O)C2OC(C)OC(C)C(O)C(C)(C)NCC(OCc2ccc(-c3ccc(Cl)cc3)cc2)C(=O)O)Oc2ccc(cc2Cl)[C@H]1O. The van der Waals surface area contributed by atoms with E-state index in [0.29, 0.717) is 10.6 Å². The van der Waals surface area contributed by atoms with Gasteiger partial charge in [-0.25, -0.2) is 9.59 Å². The third-order valence-electron chi connectivity index (χ3n) is 20.1. The first-order valence-corrected chi connectivity index (χ1v) is 38.7. The lowest BCUT2D eigenvalue weighted by Crippen LogP contribution is -2.62. The van der Waals surface area contributed by atoms with Crippen LogP contribution in [-0.2, 0) is 68.7 Å². The Bertz CT molecular complexity index is 4970. The molecule has 10 unspecified atom stereocenters. The number of hydrogen-bond acceptors (Lipinski definition) is 26. The van der Waals surface area contributed by atoms with Crippen molar-refractivity contribution in [2.75, 3.05) is 13.2 Å². The number of benzene rings is 7. The van der Waals surface area contributed by atoms with Crippen molar-refractivity contribution in [3.05, 3.63) is 176 Å². The highest BCUT2D eigenvalue weighted by Gasteiger charge is 2.49. The van der Waals surface area contributed by atoms with Crippen molar-refractivity contribution >= 4 is 88.1 Å². The molecule has 0 aromatic heterocycles. The van der Waals surface area contributed by atoms with E-state index in [1.807, 2.05) is 38.1 Å². The van der Waals surface area contributed by atoms with Crippen LogP contribution < -0.4 is 57.6 Å². The van der Waals surface area contributed by atoms with Crippen molar-refractivity contribution in [2.24, 2.45) is 17.4 Å². The molecule has 642 valence electrons. The number of carbonyl (C=O) groups excluding carboxylic acids is 7. The van der Waals surface area contributed by atoms with Gasteiger partial charge in [-0.05, 0) is 146 Å². The Morgan fingerprint density at radius 3 is 1.88 bits per heavy atom. The van der Waals surface area contributed by atoms with Crippen molar-refractivity contribution in [1.29, 1.82) is 0 Å². The Hall–Kier alpha value is -11.0. The predicted octanol–water partition coefficient (Wildman–Crippen LogP) is 5.54. The number of phenolic OH excluding ortho intramolecular Hbond substituents is 3. The molecule has 38 heteroatoms. The number of aliphatic hydroxyl groups is 6. The summed E-state index contributed by atoms with van der Waals surface area (Å²) >= 11 is 20.2. The van der Waals surface area contributed by atoms with Crippen molar-refractivity contribution < 1.29 is 132 Å². The Balaban J connectivity index is 1.09. The molecule has 7 aromatic rings. The molecule has 0 saturated carbocycles. The smallest absolute Gasteiger partial charge is 0.334 e. The van der Waals surface area contributed by atoms with E-state index in [1.165, 1.54) is 26.0 Å². The summed E-state index contributed by atoms with van der Waals surface area (Å²) in [6.07, 6.45) is -21.6. The molecule has 7 amide bonds. The average Bonchev–Trinajstić information content (AvgIpc) is 0.768. The highest BCUT2D eigenvalue weighted by Crippen LogP contribution is 2.50. The van der Waals surface area contributed by atoms with Crippen LogP contribution in [0.3, 0.4) is 0 Å². The molecule has 12 rings (SSSR count). The van der Waals surface area contributed by atoms with Crippen molar-refractivity contribution in [3.63, 3.8) is 0 Å². The molecule has 5 heterocycles. The van der Waals surface area contributed by atoms with Crippen molar-refractivity contribution in [2.45, 2.75) is 177 Å². The fraction of sp³-hybridized carbons (Fsp3) is 0.378. The Morgan fingerprint density at radius 1 is 0.675 bits per heavy atom. The number of rotatable bonds is 25. The first kappa shape index (κ1) is 91.3. The molecule has 7 aromatic carbocycles. The van der Waals surface area contributed by atoms with Gasteiger partial charge in [-0.3, -0.25) is 33.6 Å². The summed E-state index contributed by atoms with van der Waals surface area (Å²) in [5.74, 6) is -17.3. The average molecular weight is 1730 g/mol. The number of nitrogens with two attached hydrogens (primary N) is 2. The zero-order valence-corrected chi connectivity index (χ0v) is 67.4. The third-order valence-corrected chi connectivity index (χ3v) is 20.9. The molecule has 21 N–H and O–H groups in total. The van der Waals surface area contributed by atoms with Crippen LogP contribution in [0.5, 0.6) is 46.0 Å². The molecule has 5 aliphatic rings. The van der Waals surface area contributed by atoms with Gasteiger partial charge in [-0.1, -0.05) is 103 Å². The lowest BCUT2D eigenvalue weighted by Gasteiger charge is -2.43. The molecule has 0 radical (unpaired) electrons. The number of hydrogen-bond donors (Lipinski definition) is 19. The molecular weight excluding hydrogens is 1640 g/mol. The van der Waals surface area contributed by atoms with Crippen LogP contribution in [0.2, 0.25) is 15.1 Å². The lowest BCUT2D eigenvalue weighted by atomic mass is 9.90. The summed E-state index contributed by atoms with van der Waals surface area (Å²) in [4.78, 5) is 127. The van der Waals surface area contributed by atoms with Gasteiger partial charge in [0, 0.05) is 46.3 Å². The van der Waals surface area contributed by atoms with Crippen LogP contribution in [0.4, 0.5) is 0 Å². The number of amides is 7. The molecule has 0 spiro atoms. The maximum Gasteiger partial charge on any atom is 0.334 e. The quantitative estimate of drug-likeness (QED) is 0.0312. The van der Waals surface area contributed by atoms with Gasteiger partial charge in [0.25, 0.3) is 0 Å². The molecular formula is C82H91Cl3N8O27. The molecule has 5 aliphatic heterocycles. The number of primary amides is 2. The highest BCUT2D eigenvalue weighted by molar-refractivity contribution is 6.32. The van der Waals surface area contributed by atoms with Gasteiger partial charge in [0.2, 0.25) is 53.4 Å². The first-order chi connectivity index (χ1) is 56.7. The summed E-state index contributed by atoms with van der Waals surface area (Å²) < 4.78 is 44.5. The van der Waals surface area contributed by atoms with Crippen LogP contribution >= 0.6 is 34.8 Å². The summed E-state index contributed by atoms with van der Waals surface area (Å²) in [5.41, 5.74) is 9.95. The summed E-state index contributed by atoms with van der Waals surface area (Å²) in [7, 11) is 0. The normalized spacial score (nSPS) is 22.7. The van der Waals surface area contributed by atoms with Crippen molar-refractivity contribution in [3.8, 4) is 68.2 Å². The standard InChI is InChI=1S/C82H91Cl3N8O27/c1-35(2)7-22-62(100)90-68-69(102)43-16-21-56(50(85)25-43)118-58-27-44-26-57(72(58)120-81-73(71(104)70(103)60(33-94)119-81)116-37(4)115-36(3)74(105)82(5,6)88-32-59(79(110)111)114-34-38-8-10-39(11-9-38)40-12-17-45(83)18-13-40)117-55-20-15-41(24-49(55)84)53(97)31-63(101)91-67(80(112)113)48-28-46(95)29-54(98)64(48)47-23-42(14-19-52(47)96)65(75(87)106)92-77(108)66(44)93-76(107)51(30-61(86)99)89-78(68)109/h8-21,23-29,35-37,51,53,59-60,65-71,73-74,81,88,94-98,102-105H,7,22,30-34H2,1-6H3,(H2,86,99)(H2,87,106)(H,89,109)(H,90,100)(H,91,101)(H,92,108)(H,93,107)(H,110,111)(H,112,113)/t36?,37?,51-,53-,59?,60?,65+,66+,67+,68?,69+,70?,71?,73?,74?,81?/m0/s1. The van der Waals surface area contributed by atoms with Gasteiger partial charge >= 0.3 is 11.9 Å². The van der Waals surface area contributed by atoms with Crippen LogP contribution in [0.15, 0.2) is 127 Å². The van der Waals surface area contributed by atoms with E-state index in [9.17, 15) is 89.7 Å². The number of halogens is 3. The second-order valence-corrected chi connectivity index (χ2v) is 31.1. The number of phenols is 3. The maximum absolute atomic E-state index is 15.9. The third kappa shape index (κ3) is 22.3. The number of carboxylic acid groups (broad SMARTS) is 2. The molecule has 1 saturated heterocycles. The Labute approximate surface area is 700 Å². The van der Waals surface area contributed by atoms with E-state index < -0.39 is 249 Å². The topological polar surface area (TPSA) is 565 Å². The number of aliphatic carboxylic acids is 2. The van der Waals surface area contributed by atoms with Crippen LogP contribution in [-0.4, -0.2) is 196 Å². The van der Waals surface area contributed by atoms with E-state index >= 15 is 9.59 Å². The molecule has 1 fully saturated rings. The number of nitrogens with one attached hydrogen (secondary N) is 6. The van der Waals surface area contributed by atoms with Gasteiger partial charge in [0.1, 0.15) is 77.3 Å².